The molecule has 0 aliphatic carbocycles. The van der Waals surface area contributed by atoms with Crippen molar-refractivity contribution in [2.45, 2.75) is 18.6 Å². The van der Waals surface area contributed by atoms with Crippen LogP contribution in [0.4, 0.5) is 4.39 Å². The molecule has 0 unspecified atom stereocenters. The second-order valence-electron chi connectivity index (χ2n) is 5.18. The first-order valence-corrected chi connectivity index (χ1v) is 8.62. The highest BCUT2D eigenvalue weighted by Gasteiger charge is 2.17. The zero-order chi connectivity index (χ0) is 18.2. The maximum Gasteiger partial charge on any atom is 0.239 e. The van der Waals surface area contributed by atoms with Crippen LogP contribution in [-0.4, -0.2) is 55.8 Å². The number of nitrogens with one attached hydrogen (secondary N) is 1. The minimum absolute atomic E-state index is 0.0336. The minimum Gasteiger partial charge on any atom is -0.350 e. The fourth-order valence-corrected chi connectivity index (χ4v) is 2.72. The van der Waals surface area contributed by atoms with E-state index in [1.807, 2.05) is 0 Å². The summed E-state index contributed by atoms with van der Waals surface area (Å²) in [5, 5.41) is 14.2. The number of thioether (sulfide) groups is 1. The van der Waals surface area contributed by atoms with Crippen molar-refractivity contribution in [3.05, 3.63) is 35.6 Å². The molecule has 1 aromatic heterocycles. The summed E-state index contributed by atoms with van der Waals surface area (Å²) in [6.07, 6.45) is 0. The Kier molecular flexibility index (Phi) is 6.87. The number of likely N-dealkylation sites (N-methyl/N-ethyl adjacent to an activating group) is 1. The lowest BCUT2D eigenvalue weighted by Crippen LogP contribution is -2.41. The van der Waals surface area contributed by atoms with Crippen LogP contribution in [0.2, 0.25) is 0 Å². The quantitative estimate of drug-likeness (QED) is 0.688. The molecule has 0 saturated heterocycles. The maximum atomic E-state index is 12.8. The monoisotopic (exact) mass is 366 g/mol. The Morgan fingerprint density at radius 2 is 2.04 bits per heavy atom. The molecule has 0 fully saturated rings. The average molecular weight is 366 g/mol. The Labute approximate surface area is 148 Å². The summed E-state index contributed by atoms with van der Waals surface area (Å²) in [5.41, 5.74) is 0.787. The number of rotatable bonds is 8. The highest BCUT2D eigenvalue weighted by Crippen LogP contribution is 2.13. The molecule has 1 N–H and O–H groups in total. The molecule has 10 heteroatoms. The second kappa shape index (κ2) is 9.11. The van der Waals surface area contributed by atoms with Crippen molar-refractivity contribution in [1.82, 2.24) is 30.4 Å². The number of aromatic nitrogens is 4. The summed E-state index contributed by atoms with van der Waals surface area (Å²) >= 11 is 1.21. The number of amides is 2. The molecule has 0 atom stereocenters. The molecule has 0 radical (unpaired) electrons. The molecule has 134 valence electrons. The number of aryl methyl sites for hydroxylation is 1. The first-order valence-electron chi connectivity index (χ1n) is 7.63. The van der Waals surface area contributed by atoms with Gasteiger partial charge in [0.2, 0.25) is 17.0 Å². The van der Waals surface area contributed by atoms with Gasteiger partial charge in [-0.25, -0.2) is 9.07 Å². The van der Waals surface area contributed by atoms with Gasteiger partial charge in [-0.15, -0.1) is 5.10 Å². The number of carbonyl (C=O) groups is 2. The third-order valence-corrected chi connectivity index (χ3v) is 4.37. The molecule has 0 aliphatic rings. The van der Waals surface area contributed by atoms with Gasteiger partial charge in [0.15, 0.2) is 0 Å². The normalized spacial score (nSPS) is 10.5. The number of hydrogen-bond donors (Lipinski definition) is 1. The lowest BCUT2D eigenvalue weighted by Gasteiger charge is -2.20. The van der Waals surface area contributed by atoms with Gasteiger partial charge in [-0.2, -0.15) is 0 Å². The topological polar surface area (TPSA) is 93.0 Å². The number of nitrogens with zero attached hydrogens (tertiary/aromatic N) is 5. The van der Waals surface area contributed by atoms with E-state index in [0.717, 1.165) is 5.56 Å². The van der Waals surface area contributed by atoms with Crippen LogP contribution < -0.4 is 5.32 Å². The summed E-state index contributed by atoms with van der Waals surface area (Å²) in [4.78, 5) is 25.7. The van der Waals surface area contributed by atoms with Crippen LogP contribution in [-0.2, 0) is 23.2 Å². The van der Waals surface area contributed by atoms with Gasteiger partial charge in [0.05, 0.1) is 12.3 Å². The third-order valence-electron chi connectivity index (χ3n) is 3.38. The van der Waals surface area contributed by atoms with Crippen molar-refractivity contribution in [2.24, 2.45) is 7.05 Å². The molecule has 1 heterocycles. The fourth-order valence-electron chi connectivity index (χ4n) is 1.97. The molecule has 0 spiro atoms. The van der Waals surface area contributed by atoms with Crippen LogP contribution >= 0.6 is 11.8 Å². The minimum atomic E-state index is -0.326. The number of hydrogen-bond acceptors (Lipinski definition) is 6. The Balaban J connectivity index is 1.79. The first kappa shape index (κ1) is 18.8. The van der Waals surface area contributed by atoms with E-state index < -0.39 is 0 Å². The van der Waals surface area contributed by atoms with Gasteiger partial charge in [-0.1, -0.05) is 23.9 Å². The molecule has 2 rings (SSSR count). The van der Waals surface area contributed by atoms with E-state index in [0.29, 0.717) is 11.7 Å². The van der Waals surface area contributed by atoms with Crippen LogP contribution in [0.1, 0.15) is 12.5 Å². The maximum absolute atomic E-state index is 12.8. The number of tetrazole rings is 1. The van der Waals surface area contributed by atoms with Crippen molar-refractivity contribution >= 4 is 23.6 Å². The van der Waals surface area contributed by atoms with Crippen LogP contribution in [0.15, 0.2) is 29.4 Å². The van der Waals surface area contributed by atoms with E-state index in [2.05, 4.69) is 20.8 Å². The smallest absolute Gasteiger partial charge is 0.239 e. The first-order chi connectivity index (χ1) is 12.0. The van der Waals surface area contributed by atoms with Crippen molar-refractivity contribution in [2.75, 3.05) is 18.8 Å². The SMILES string of the molecule is CCN(CC(=O)NCc1ccc(F)cc1)C(=O)CSc1nnnn1C. The van der Waals surface area contributed by atoms with Gasteiger partial charge >= 0.3 is 0 Å². The van der Waals surface area contributed by atoms with E-state index in [-0.39, 0.29) is 36.5 Å². The zero-order valence-corrected chi connectivity index (χ0v) is 14.8. The van der Waals surface area contributed by atoms with Gasteiger partial charge < -0.3 is 10.2 Å². The lowest BCUT2D eigenvalue weighted by molar-refractivity contribution is -0.133. The van der Waals surface area contributed by atoms with E-state index in [9.17, 15) is 14.0 Å². The molecular weight excluding hydrogens is 347 g/mol. The molecule has 0 saturated carbocycles. The van der Waals surface area contributed by atoms with Crippen LogP contribution in [0.5, 0.6) is 0 Å². The van der Waals surface area contributed by atoms with Crippen LogP contribution in [0.25, 0.3) is 0 Å². The fraction of sp³-hybridized carbons (Fsp3) is 0.400. The molecule has 8 nitrogen and oxygen atoms in total. The van der Waals surface area contributed by atoms with Gasteiger partial charge in [-0.05, 0) is 35.0 Å². The Morgan fingerprint density at radius 3 is 2.64 bits per heavy atom. The van der Waals surface area contributed by atoms with Gasteiger partial charge in [0, 0.05) is 20.1 Å². The summed E-state index contributed by atoms with van der Waals surface area (Å²) in [6, 6.07) is 5.87. The van der Waals surface area contributed by atoms with Gasteiger partial charge in [-0.3, -0.25) is 9.59 Å². The van der Waals surface area contributed by atoms with Crippen molar-refractivity contribution < 1.29 is 14.0 Å². The number of benzene rings is 1. The van der Waals surface area contributed by atoms with E-state index in [4.69, 9.17) is 0 Å². The van der Waals surface area contributed by atoms with Crippen molar-refractivity contribution in [3.63, 3.8) is 0 Å². The van der Waals surface area contributed by atoms with E-state index in [1.54, 1.807) is 26.1 Å². The molecular formula is C15H19FN6O2S. The largest absolute Gasteiger partial charge is 0.350 e. The predicted octanol–water partition coefficient (Wildman–Crippen LogP) is 0.606. The molecule has 1 aromatic carbocycles. The summed E-state index contributed by atoms with van der Waals surface area (Å²) < 4.78 is 14.3. The summed E-state index contributed by atoms with van der Waals surface area (Å²) in [5.74, 6) is -0.626. The Morgan fingerprint density at radius 1 is 1.32 bits per heavy atom. The molecule has 0 bridgehead atoms. The van der Waals surface area contributed by atoms with E-state index in [1.165, 1.54) is 33.5 Å². The Hall–Kier alpha value is -2.49. The van der Waals surface area contributed by atoms with Gasteiger partial charge in [0.1, 0.15) is 5.82 Å². The standard InChI is InChI=1S/C15H19FN6O2S/c1-3-22(14(24)10-25-15-18-19-20-21(15)2)9-13(23)17-8-11-4-6-12(16)7-5-11/h4-7H,3,8-10H2,1-2H3,(H,17,23). The number of carbonyl (C=O) groups excluding carboxylic acids is 2. The summed E-state index contributed by atoms with van der Waals surface area (Å²) in [7, 11) is 1.69. The number of halogens is 1. The highest BCUT2D eigenvalue weighted by molar-refractivity contribution is 7.99. The zero-order valence-electron chi connectivity index (χ0n) is 14.0. The second-order valence-corrected chi connectivity index (χ2v) is 6.13. The molecule has 0 aliphatic heterocycles. The van der Waals surface area contributed by atoms with Crippen molar-refractivity contribution in [3.8, 4) is 0 Å². The highest BCUT2D eigenvalue weighted by atomic mass is 32.2. The molecule has 2 amide bonds. The lowest BCUT2D eigenvalue weighted by atomic mass is 10.2. The van der Waals surface area contributed by atoms with Crippen LogP contribution in [0.3, 0.4) is 0 Å². The Bertz CT molecular complexity index is 721. The molecule has 25 heavy (non-hydrogen) atoms. The van der Waals surface area contributed by atoms with Crippen molar-refractivity contribution in [1.29, 1.82) is 0 Å². The average Bonchev–Trinajstić information content (AvgIpc) is 3.02. The third kappa shape index (κ3) is 5.82. The van der Waals surface area contributed by atoms with Gasteiger partial charge in [0.25, 0.3) is 0 Å². The summed E-state index contributed by atoms with van der Waals surface area (Å²) in [6.45, 7) is 2.47. The molecule has 2 aromatic rings. The predicted molar refractivity (Wildman–Crippen MR) is 90.0 cm³/mol. The van der Waals surface area contributed by atoms with E-state index >= 15 is 0 Å². The van der Waals surface area contributed by atoms with Crippen LogP contribution in [0, 0.1) is 5.82 Å².